The van der Waals surface area contributed by atoms with Crippen molar-refractivity contribution in [2.75, 3.05) is 0 Å². The van der Waals surface area contributed by atoms with Crippen LogP contribution in [0.15, 0.2) is 16.3 Å². The molecule has 2 rings (SSSR count). The lowest BCUT2D eigenvalue weighted by Crippen LogP contribution is -1.75. The van der Waals surface area contributed by atoms with Crippen LogP contribution in [0.5, 0.6) is 0 Å². The minimum absolute atomic E-state index is 0.986. The molecule has 0 atom stereocenters. The van der Waals surface area contributed by atoms with Crippen molar-refractivity contribution in [1.82, 2.24) is 9.97 Å². The van der Waals surface area contributed by atoms with Crippen molar-refractivity contribution in [3.05, 3.63) is 21.3 Å². The van der Waals surface area contributed by atoms with E-state index in [0.717, 1.165) is 16.4 Å². The molecule has 0 aromatic carbocycles. The van der Waals surface area contributed by atoms with Crippen LogP contribution < -0.4 is 0 Å². The number of aromatic nitrogens is 2. The Hall–Kier alpha value is -0.740. The zero-order valence-corrected chi connectivity index (χ0v) is 7.58. The van der Waals surface area contributed by atoms with Crippen LogP contribution in [-0.2, 0) is 0 Å². The maximum Gasteiger partial charge on any atom is 0.101 e. The molecule has 56 valence electrons. The Bertz CT molecular complexity index is 337. The predicted molar refractivity (Wildman–Crippen MR) is 48.0 cm³/mol. The van der Waals surface area contributed by atoms with Crippen molar-refractivity contribution < 1.29 is 0 Å². The van der Waals surface area contributed by atoms with Crippen LogP contribution in [0.3, 0.4) is 0 Å². The van der Waals surface area contributed by atoms with Crippen LogP contribution >= 0.6 is 22.7 Å². The van der Waals surface area contributed by atoms with Crippen LogP contribution in [0, 0.1) is 6.92 Å². The summed E-state index contributed by atoms with van der Waals surface area (Å²) in [5, 5.41) is 5.13. The van der Waals surface area contributed by atoms with Gasteiger partial charge >= 0.3 is 0 Å². The highest BCUT2D eigenvalue weighted by Gasteiger charge is 2.01. The second kappa shape index (κ2) is 2.71. The first-order valence-corrected chi connectivity index (χ1v) is 4.99. The van der Waals surface area contributed by atoms with Gasteiger partial charge in [0, 0.05) is 10.8 Å². The van der Waals surface area contributed by atoms with E-state index in [4.69, 9.17) is 0 Å². The largest absolute Gasteiger partial charge is 0.243 e. The molecule has 0 aliphatic rings. The number of rotatable bonds is 1. The van der Waals surface area contributed by atoms with E-state index >= 15 is 0 Å². The molecular weight excluding hydrogens is 176 g/mol. The van der Waals surface area contributed by atoms with Crippen LogP contribution in [-0.4, -0.2) is 9.97 Å². The Kier molecular flexibility index (Phi) is 1.71. The molecule has 0 amide bonds. The Morgan fingerprint density at radius 1 is 1.27 bits per heavy atom. The highest BCUT2D eigenvalue weighted by molar-refractivity contribution is 7.10. The summed E-state index contributed by atoms with van der Waals surface area (Å²) < 4.78 is 0. The smallest absolute Gasteiger partial charge is 0.101 e. The normalized spacial score (nSPS) is 10.3. The van der Waals surface area contributed by atoms with Gasteiger partial charge in [-0.3, -0.25) is 0 Å². The van der Waals surface area contributed by atoms with Gasteiger partial charge in [0.1, 0.15) is 11.4 Å². The van der Waals surface area contributed by atoms with Crippen molar-refractivity contribution in [3.8, 4) is 11.4 Å². The lowest BCUT2D eigenvalue weighted by atomic mass is 10.4. The van der Waals surface area contributed by atoms with Crippen LogP contribution in [0.4, 0.5) is 0 Å². The van der Waals surface area contributed by atoms with Crippen molar-refractivity contribution in [2.45, 2.75) is 6.92 Å². The molecule has 2 aromatic heterocycles. The van der Waals surface area contributed by atoms with E-state index in [9.17, 15) is 0 Å². The molecule has 0 fully saturated rings. The van der Waals surface area contributed by atoms with Gasteiger partial charge < -0.3 is 0 Å². The first-order valence-electron chi connectivity index (χ1n) is 3.17. The fourth-order valence-corrected chi connectivity index (χ4v) is 1.97. The molecule has 2 nitrogen and oxygen atoms in total. The minimum Gasteiger partial charge on any atom is -0.243 e. The Labute approximate surface area is 72.6 Å². The number of hydrogen-bond acceptors (Lipinski definition) is 4. The molecule has 0 saturated heterocycles. The standard InChI is InChI=1S/C7H6N2S2/c1-5-9-7(3-11-5)6-2-10-4-8-6/h2-4H,1H3. The summed E-state index contributed by atoms with van der Waals surface area (Å²) in [5.41, 5.74) is 3.80. The SMILES string of the molecule is Cc1nc(-c2cscn2)cs1. The zero-order valence-electron chi connectivity index (χ0n) is 5.94. The molecule has 0 aliphatic heterocycles. The third-order valence-corrected chi connectivity index (χ3v) is 2.67. The summed E-state index contributed by atoms with van der Waals surface area (Å²) in [5.74, 6) is 0. The van der Waals surface area contributed by atoms with Gasteiger partial charge in [-0.1, -0.05) is 0 Å². The van der Waals surface area contributed by atoms with Gasteiger partial charge in [-0.05, 0) is 6.92 Å². The van der Waals surface area contributed by atoms with Gasteiger partial charge in [0.25, 0.3) is 0 Å². The molecule has 2 heterocycles. The van der Waals surface area contributed by atoms with Gasteiger partial charge in [-0.25, -0.2) is 9.97 Å². The number of aryl methyl sites for hydroxylation is 1. The van der Waals surface area contributed by atoms with Crippen LogP contribution in [0.1, 0.15) is 5.01 Å². The lowest BCUT2D eigenvalue weighted by molar-refractivity contribution is 1.27. The topological polar surface area (TPSA) is 25.8 Å². The van der Waals surface area contributed by atoms with Crippen molar-refractivity contribution in [1.29, 1.82) is 0 Å². The van der Waals surface area contributed by atoms with Crippen LogP contribution in [0.2, 0.25) is 0 Å². The number of nitrogens with zero attached hydrogens (tertiary/aromatic N) is 2. The highest BCUT2D eigenvalue weighted by atomic mass is 32.1. The van der Waals surface area contributed by atoms with Gasteiger partial charge in [0.05, 0.1) is 10.5 Å². The van der Waals surface area contributed by atoms with Gasteiger partial charge in [0.15, 0.2) is 0 Å². The lowest BCUT2D eigenvalue weighted by Gasteiger charge is -1.83. The number of thiazole rings is 2. The van der Waals surface area contributed by atoms with E-state index in [1.165, 1.54) is 0 Å². The molecule has 2 aromatic rings. The average molecular weight is 182 g/mol. The predicted octanol–water partition coefficient (Wildman–Crippen LogP) is 2.58. The van der Waals surface area contributed by atoms with E-state index in [1.54, 1.807) is 22.7 Å². The monoisotopic (exact) mass is 182 g/mol. The molecule has 0 spiro atoms. The maximum atomic E-state index is 4.32. The van der Waals surface area contributed by atoms with E-state index in [-0.39, 0.29) is 0 Å². The third-order valence-electron chi connectivity index (χ3n) is 1.31. The third kappa shape index (κ3) is 1.32. The molecule has 0 bridgehead atoms. The molecule has 4 heteroatoms. The summed E-state index contributed by atoms with van der Waals surface area (Å²) in [6.45, 7) is 2.00. The number of hydrogen-bond donors (Lipinski definition) is 0. The summed E-state index contributed by atoms with van der Waals surface area (Å²) >= 11 is 3.25. The zero-order chi connectivity index (χ0) is 7.68. The average Bonchev–Trinajstić information content (AvgIpc) is 2.55. The molecule has 0 radical (unpaired) electrons. The maximum absolute atomic E-state index is 4.32. The molecule has 0 N–H and O–H groups in total. The van der Waals surface area contributed by atoms with Crippen molar-refractivity contribution in [2.24, 2.45) is 0 Å². The quantitative estimate of drug-likeness (QED) is 0.677. The van der Waals surface area contributed by atoms with Gasteiger partial charge in [-0.2, -0.15) is 0 Å². The first kappa shape index (κ1) is 6.94. The second-order valence-electron chi connectivity index (χ2n) is 2.13. The van der Waals surface area contributed by atoms with Crippen LogP contribution in [0.25, 0.3) is 11.4 Å². The minimum atomic E-state index is 0.986. The summed E-state index contributed by atoms with van der Waals surface area (Å²) in [6.07, 6.45) is 0. The highest BCUT2D eigenvalue weighted by Crippen LogP contribution is 2.20. The first-order chi connectivity index (χ1) is 5.36. The molecule has 0 unspecified atom stereocenters. The molecule has 0 aliphatic carbocycles. The van der Waals surface area contributed by atoms with Gasteiger partial charge in [0.2, 0.25) is 0 Å². The van der Waals surface area contributed by atoms with E-state index in [2.05, 4.69) is 9.97 Å². The summed E-state index contributed by atoms with van der Waals surface area (Å²) in [6, 6.07) is 0. The molecule has 11 heavy (non-hydrogen) atoms. The Balaban J connectivity index is 2.45. The van der Waals surface area contributed by atoms with Crippen molar-refractivity contribution >= 4 is 22.7 Å². The van der Waals surface area contributed by atoms with E-state index in [0.29, 0.717) is 0 Å². The summed E-state index contributed by atoms with van der Waals surface area (Å²) in [7, 11) is 0. The van der Waals surface area contributed by atoms with Gasteiger partial charge in [-0.15, -0.1) is 22.7 Å². The van der Waals surface area contributed by atoms with E-state index < -0.39 is 0 Å². The Morgan fingerprint density at radius 3 is 2.73 bits per heavy atom. The fraction of sp³-hybridized carbons (Fsp3) is 0.143. The molecule has 0 saturated carbocycles. The summed E-state index contributed by atoms with van der Waals surface area (Å²) in [4.78, 5) is 8.48. The fourth-order valence-electron chi connectivity index (χ4n) is 0.820. The second-order valence-corrected chi connectivity index (χ2v) is 3.91. The Morgan fingerprint density at radius 2 is 2.18 bits per heavy atom. The van der Waals surface area contributed by atoms with E-state index in [1.807, 2.05) is 23.2 Å². The van der Waals surface area contributed by atoms with Crippen molar-refractivity contribution in [3.63, 3.8) is 0 Å². The molecular formula is C7H6N2S2.